The third-order valence-corrected chi connectivity index (χ3v) is 7.82. The molecule has 3 rings (SSSR count). The number of hydrogen-bond acceptors (Lipinski definition) is 4. The van der Waals surface area contributed by atoms with E-state index in [4.69, 9.17) is 0 Å². The largest absolute Gasteiger partial charge is 0.246 e. The van der Waals surface area contributed by atoms with Crippen molar-refractivity contribution in [3.8, 4) is 0 Å². The van der Waals surface area contributed by atoms with Crippen molar-refractivity contribution in [1.82, 2.24) is 4.31 Å². The van der Waals surface area contributed by atoms with Crippen LogP contribution in [0.25, 0.3) is 0 Å². The summed E-state index contributed by atoms with van der Waals surface area (Å²) in [4.78, 5) is -0.556. The van der Waals surface area contributed by atoms with Crippen LogP contribution in [0.15, 0.2) is 58.3 Å². The van der Waals surface area contributed by atoms with Crippen LogP contribution in [-0.4, -0.2) is 39.5 Å². The highest BCUT2D eigenvalue weighted by Gasteiger charge is 2.44. The third kappa shape index (κ3) is 2.83. The Morgan fingerprint density at radius 1 is 0.875 bits per heavy atom. The number of halogens is 2. The Balaban J connectivity index is 1.80. The summed E-state index contributed by atoms with van der Waals surface area (Å²) in [6.45, 7) is -0.535. The fourth-order valence-electron chi connectivity index (χ4n) is 2.40. The van der Waals surface area contributed by atoms with E-state index in [1.165, 1.54) is 12.1 Å². The summed E-state index contributed by atoms with van der Waals surface area (Å²) in [7, 11) is -7.85. The molecule has 0 bridgehead atoms. The molecule has 2 aromatic rings. The van der Waals surface area contributed by atoms with E-state index in [2.05, 4.69) is 0 Å². The molecule has 1 fully saturated rings. The summed E-state index contributed by atoms with van der Waals surface area (Å²) in [6, 6.07) is 9.25. The monoisotopic (exact) mass is 373 g/mol. The lowest BCUT2D eigenvalue weighted by molar-refractivity contribution is 0.308. The molecule has 0 spiro atoms. The molecule has 0 amide bonds. The first-order chi connectivity index (χ1) is 11.2. The summed E-state index contributed by atoms with van der Waals surface area (Å²) in [5.74, 6) is -1.45. The number of hydrogen-bond donors (Lipinski definition) is 0. The molecule has 0 atom stereocenters. The normalized spacial score (nSPS) is 16.8. The van der Waals surface area contributed by atoms with E-state index in [0.717, 1.165) is 40.7 Å². The van der Waals surface area contributed by atoms with Crippen molar-refractivity contribution in [2.45, 2.75) is 15.0 Å². The quantitative estimate of drug-likeness (QED) is 0.767. The van der Waals surface area contributed by atoms with Crippen LogP contribution in [0.2, 0.25) is 0 Å². The van der Waals surface area contributed by atoms with Gasteiger partial charge in [-0.05, 0) is 36.4 Å². The third-order valence-electron chi connectivity index (χ3n) is 3.85. The van der Waals surface area contributed by atoms with Gasteiger partial charge >= 0.3 is 0 Å². The zero-order valence-electron chi connectivity index (χ0n) is 12.3. The van der Waals surface area contributed by atoms with E-state index in [0.29, 0.717) is 0 Å². The Hall–Kier alpha value is -1.84. The topological polar surface area (TPSA) is 71.5 Å². The van der Waals surface area contributed by atoms with Crippen LogP contribution in [0.4, 0.5) is 8.78 Å². The zero-order chi connectivity index (χ0) is 17.5. The Bertz CT molecular complexity index is 967. The van der Waals surface area contributed by atoms with Crippen LogP contribution in [0.3, 0.4) is 0 Å². The van der Waals surface area contributed by atoms with Gasteiger partial charge in [-0.1, -0.05) is 12.1 Å². The van der Waals surface area contributed by atoms with Gasteiger partial charge in [-0.25, -0.2) is 25.6 Å². The molecule has 1 heterocycles. The van der Waals surface area contributed by atoms with Gasteiger partial charge in [0.1, 0.15) is 16.5 Å². The molecular formula is C15H13F2NO4S2. The van der Waals surface area contributed by atoms with Crippen LogP contribution in [0, 0.1) is 11.6 Å². The van der Waals surface area contributed by atoms with Gasteiger partial charge in [-0.3, -0.25) is 0 Å². The average molecular weight is 373 g/mol. The Kier molecular flexibility index (Phi) is 4.18. The van der Waals surface area contributed by atoms with Crippen LogP contribution in [-0.2, 0) is 19.9 Å². The first-order valence-corrected chi connectivity index (χ1v) is 9.96. The van der Waals surface area contributed by atoms with Crippen molar-refractivity contribution in [1.29, 1.82) is 0 Å². The maximum atomic E-state index is 13.7. The van der Waals surface area contributed by atoms with E-state index < -0.39 is 41.6 Å². The molecule has 0 aliphatic carbocycles. The molecule has 9 heteroatoms. The average Bonchev–Trinajstić information content (AvgIpc) is 2.45. The fraction of sp³-hybridized carbons (Fsp3) is 0.200. The molecule has 1 saturated heterocycles. The highest BCUT2D eigenvalue weighted by Crippen LogP contribution is 2.29. The minimum absolute atomic E-state index is 0.0724. The number of benzene rings is 2. The van der Waals surface area contributed by atoms with Crippen LogP contribution in [0.1, 0.15) is 0 Å². The molecule has 2 aromatic carbocycles. The number of nitrogens with zero attached hydrogens (tertiary/aromatic N) is 1. The zero-order valence-corrected chi connectivity index (χ0v) is 13.9. The highest BCUT2D eigenvalue weighted by atomic mass is 32.2. The molecule has 0 aromatic heterocycles. The molecule has 24 heavy (non-hydrogen) atoms. The molecule has 128 valence electrons. The molecule has 0 unspecified atom stereocenters. The van der Waals surface area contributed by atoms with Gasteiger partial charge in [0, 0.05) is 13.1 Å². The molecule has 5 nitrogen and oxygen atoms in total. The molecular weight excluding hydrogens is 360 g/mol. The van der Waals surface area contributed by atoms with Crippen molar-refractivity contribution in [3.05, 3.63) is 60.2 Å². The molecule has 0 N–H and O–H groups in total. The summed E-state index contributed by atoms with van der Waals surface area (Å²) < 4.78 is 76.9. The van der Waals surface area contributed by atoms with Gasteiger partial charge in [0.25, 0.3) is 0 Å². The summed E-state index contributed by atoms with van der Waals surface area (Å²) in [5, 5.41) is -0.940. The van der Waals surface area contributed by atoms with Crippen molar-refractivity contribution >= 4 is 19.9 Å². The summed E-state index contributed by atoms with van der Waals surface area (Å²) >= 11 is 0. The first kappa shape index (κ1) is 17.0. The SMILES string of the molecule is O=S(=O)(c1ccc(F)cc1)C1CN(S(=O)(=O)c2ccccc2F)C1. The van der Waals surface area contributed by atoms with E-state index in [9.17, 15) is 25.6 Å². The van der Waals surface area contributed by atoms with Crippen molar-refractivity contribution in [3.63, 3.8) is 0 Å². The van der Waals surface area contributed by atoms with Gasteiger partial charge in [0.2, 0.25) is 10.0 Å². The lowest BCUT2D eigenvalue weighted by Gasteiger charge is -2.37. The van der Waals surface area contributed by atoms with Crippen LogP contribution < -0.4 is 0 Å². The maximum absolute atomic E-state index is 13.7. The number of sulfonamides is 1. The van der Waals surface area contributed by atoms with Crippen molar-refractivity contribution in [2.75, 3.05) is 13.1 Å². The summed E-state index contributed by atoms with van der Waals surface area (Å²) in [5.41, 5.74) is 0. The second-order valence-electron chi connectivity index (χ2n) is 5.37. The van der Waals surface area contributed by atoms with Gasteiger partial charge in [-0.15, -0.1) is 0 Å². The second kappa shape index (κ2) is 5.91. The number of rotatable bonds is 4. The first-order valence-electron chi connectivity index (χ1n) is 6.97. The van der Waals surface area contributed by atoms with Crippen molar-refractivity contribution < 1.29 is 25.6 Å². The van der Waals surface area contributed by atoms with Gasteiger partial charge in [-0.2, -0.15) is 4.31 Å². The van der Waals surface area contributed by atoms with Gasteiger partial charge < -0.3 is 0 Å². The lowest BCUT2D eigenvalue weighted by Crippen LogP contribution is -2.56. The van der Waals surface area contributed by atoms with Crippen LogP contribution >= 0.6 is 0 Å². The Labute approximate surface area is 138 Å². The minimum atomic E-state index is -4.08. The van der Waals surface area contributed by atoms with E-state index in [1.54, 1.807) is 0 Å². The molecule has 1 aliphatic heterocycles. The smallest absolute Gasteiger partial charge is 0.223 e. The fourth-order valence-corrected chi connectivity index (χ4v) is 5.84. The Morgan fingerprint density at radius 2 is 1.46 bits per heavy atom. The van der Waals surface area contributed by atoms with Crippen molar-refractivity contribution in [2.24, 2.45) is 0 Å². The predicted octanol–water partition coefficient (Wildman–Crippen LogP) is 1.81. The van der Waals surface area contributed by atoms with Crippen LogP contribution in [0.5, 0.6) is 0 Å². The highest BCUT2D eigenvalue weighted by molar-refractivity contribution is 7.92. The lowest BCUT2D eigenvalue weighted by atomic mass is 10.3. The minimum Gasteiger partial charge on any atom is -0.223 e. The van der Waals surface area contributed by atoms with Gasteiger partial charge in [0.15, 0.2) is 9.84 Å². The molecule has 0 saturated carbocycles. The molecule has 0 radical (unpaired) electrons. The summed E-state index contributed by atoms with van der Waals surface area (Å²) in [6.07, 6.45) is 0. The van der Waals surface area contributed by atoms with E-state index in [-0.39, 0.29) is 18.0 Å². The molecule has 1 aliphatic rings. The number of sulfone groups is 1. The second-order valence-corrected chi connectivity index (χ2v) is 9.51. The van der Waals surface area contributed by atoms with Gasteiger partial charge in [0.05, 0.1) is 10.1 Å². The van der Waals surface area contributed by atoms with E-state index >= 15 is 0 Å². The Morgan fingerprint density at radius 3 is 2.04 bits per heavy atom. The van der Waals surface area contributed by atoms with E-state index in [1.807, 2.05) is 0 Å². The maximum Gasteiger partial charge on any atom is 0.246 e. The predicted molar refractivity (Wildman–Crippen MR) is 82.5 cm³/mol. The standard InChI is InChI=1S/C15H13F2NO4S2/c16-11-5-7-12(8-6-11)23(19,20)13-9-18(10-13)24(21,22)15-4-2-1-3-14(15)17/h1-8,13H,9-10H2.